The third-order valence-electron chi connectivity index (χ3n) is 0.915. The van der Waals surface area contributed by atoms with Gasteiger partial charge in [-0.3, -0.25) is 4.31 Å². The smallest absolute Gasteiger partial charge is 0.103 e. The minimum absolute atomic E-state index is 0.243. The number of rotatable bonds is 5. The van der Waals surface area contributed by atoms with Crippen molar-refractivity contribution in [3.8, 4) is 0 Å². The van der Waals surface area contributed by atoms with Crippen LogP contribution in [-0.4, -0.2) is 30.3 Å². The Bertz CT molecular complexity index is 61.0. The van der Waals surface area contributed by atoms with E-state index in [-0.39, 0.29) is 6.67 Å². The van der Waals surface area contributed by atoms with E-state index in [0.717, 1.165) is 12.2 Å². The zero-order valence-electron chi connectivity index (χ0n) is 6.06. The lowest BCUT2D eigenvalue weighted by Gasteiger charge is -2.11. The fraction of sp³-hybridized carbons (Fsp3) is 1.00. The van der Waals surface area contributed by atoms with Crippen LogP contribution in [0.4, 0.5) is 4.39 Å². The summed E-state index contributed by atoms with van der Waals surface area (Å²) in [5, 5.41) is 0. The highest BCUT2D eigenvalue weighted by atomic mass is 32.2. The normalized spacial score (nSPS) is 10.7. The predicted molar refractivity (Wildman–Crippen MR) is 41.4 cm³/mol. The van der Waals surface area contributed by atoms with Gasteiger partial charge in [0.1, 0.15) is 6.67 Å². The largest absolute Gasteiger partial charge is 0.251 e. The van der Waals surface area contributed by atoms with E-state index in [2.05, 4.69) is 6.92 Å². The summed E-state index contributed by atoms with van der Waals surface area (Å²) in [6, 6.07) is 0. The van der Waals surface area contributed by atoms with E-state index in [1.807, 2.05) is 11.4 Å². The van der Waals surface area contributed by atoms with Crippen molar-refractivity contribution in [2.45, 2.75) is 13.3 Å². The van der Waals surface area contributed by atoms with Crippen LogP contribution in [0, 0.1) is 0 Å². The molecule has 1 nitrogen and oxygen atoms in total. The first-order chi connectivity index (χ1) is 4.31. The average molecular weight is 151 g/mol. The highest BCUT2D eigenvalue weighted by Gasteiger charge is 1.94. The van der Waals surface area contributed by atoms with E-state index < -0.39 is 0 Å². The van der Waals surface area contributed by atoms with Gasteiger partial charge in [-0.05, 0) is 13.5 Å². The number of hydrogen-bond donors (Lipinski definition) is 0. The molecule has 56 valence electrons. The molecule has 0 aromatic rings. The molecule has 0 aliphatic rings. The molecule has 0 aliphatic carbocycles. The van der Waals surface area contributed by atoms with Crippen LogP contribution in [0.5, 0.6) is 0 Å². The Labute approximate surface area is 60.7 Å². The molecular weight excluding hydrogens is 137 g/mol. The summed E-state index contributed by atoms with van der Waals surface area (Å²) >= 11 is 1.69. The molecule has 0 saturated heterocycles. The molecule has 0 aromatic heterocycles. The van der Waals surface area contributed by atoms with Crippen LogP contribution in [0.3, 0.4) is 0 Å². The van der Waals surface area contributed by atoms with Crippen molar-refractivity contribution in [1.29, 1.82) is 0 Å². The molecule has 0 N–H and O–H groups in total. The first-order valence-corrected chi connectivity index (χ1v) is 4.15. The lowest BCUT2D eigenvalue weighted by atomic mass is 10.6. The maximum absolute atomic E-state index is 11.6. The van der Waals surface area contributed by atoms with E-state index in [1.54, 1.807) is 11.9 Å². The zero-order valence-corrected chi connectivity index (χ0v) is 6.88. The van der Waals surface area contributed by atoms with Gasteiger partial charge in [-0.2, -0.15) is 0 Å². The second-order valence-corrected chi connectivity index (χ2v) is 3.16. The summed E-state index contributed by atoms with van der Waals surface area (Å²) in [6.07, 6.45) is 1.15. The van der Waals surface area contributed by atoms with Crippen molar-refractivity contribution in [3.63, 3.8) is 0 Å². The molecule has 0 aromatic carbocycles. The Kier molecular flexibility index (Phi) is 6.53. The molecule has 3 heteroatoms. The third kappa shape index (κ3) is 6.12. The van der Waals surface area contributed by atoms with Crippen molar-refractivity contribution >= 4 is 11.9 Å². The van der Waals surface area contributed by atoms with Crippen molar-refractivity contribution in [3.05, 3.63) is 0 Å². The van der Waals surface area contributed by atoms with Gasteiger partial charge in [-0.1, -0.05) is 18.9 Å². The Morgan fingerprint density at radius 1 is 1.56 bits per heavy atom. The van der Waals surface area contributed by atoms with Gasteiger partial charge in [0, 0.05) is 12.3 Å². The molecule has 0 fully saturated rings. The summed E-state index contributed by atoms with van der Waals surface area (Å²) in [6.45, 7) is 2.42. The molecule has 0 amide bonds. The first kappa shape index (κ1) is 9.24. The van der Waals surface area contributed by atoms with E-state index in [4.69, 9.17) is 0 Å². The van der Waals surface area contributed by atoms with Crippen LogP contribution in [0.1, 0.15) is 13.3 Å². The van der Waals surface area contributed by atoms with Gasteiger partial charge < -0.3 is 0 Å². The van der Waals surface area contributed by atoms with E-state index >= 15 is 0 Å². The monoisotopic (exact) mass is 151 g/mol. The highest BCUT2D eigenvalue weighted by Crippen LogP contribution is 2.06. The quantitative estimate of drug-likeness (QED) is 0.552. The van der Waals surface area contributed by atoms with E-state index in [9.17, 15) is 4.39 Å². The molecule has 0 rings (SSSR count). The van der Waals surface area contributed by atoms with Gasteiger partial charge in [0.2, 0.25) is 0 Å². The summed E-state index contributed by atoms with van der Waals surface area (Å²) in [5.74, 6) is 1.09. The van der Waals surface area contributed by atoms with Gasteiger partial charge >= 0.3 is 0 Å². The summed E-state index contributed by atoms with van der Waals surface area (Å²) in [5.41, 5.74) is 0. The maximum Gasteiger partial charge on any atom is 0.103 e. The van der Waals surface area contributed by atoms with Gasteiger partial charge in [-0.15, -0.1) is 0 Å². The first-order valence-electron chi connectivity index (χ1n) is 3.21. The molecule has 0 atom stereocenters. The minimum atomic E-state index is -0.243. The third-order valence-corrected chi connectivity index (χ3v) is 2.13. The molecule has 0 spiro atoms. The fourth-order valence-electron chi connectivity index (χ4n) is 0.431. The summed E-state index contributed by atoms with van der Waals surface area (Å²) in [4.78, 5) is 0. The van der Waals surface area contributed by atoms with Crippen molar-refractivity contribution in [2.75, 3.05) is 26.0 Å². The Balaban J connectivity index is 2.95. The second kappa shape index (κ2) is 6.36. The Morgan fingerprint density at radius 3 is 2.67 bits per heavy atom. The lowest BCUT2D eigenvalue weighted by Crippen LogP contribution is -2.12. The molecule has 0 bridgehead atoms. The lowest BCUT2D eigenvalue weighted by molar-refractivity contribution is 0.421. The van der Waals surface area contributed by atoms with Crippen molar-refractivity contribution in [1.82, 2.24) is 4.31 Å². The van der Waals surface area contributed by atoms with Crippen LogP contribution in [0.15, 0.2) is 0 Å². The van der Waals surface area contributed by atoms with Crippen LogP contribution in [0.2, 0.25) is 0 Å². The van der Waals surface area contributed by atoms with Crippen LogP contribution in [0.25, 0.3) is 0 Å². The number of hydrogen-bond acceptors (Lipinski definition) is 2. The molecule has 9 heavy (non-hydrogen) atoms. The van der Waals surface area contributed by atoms with Crippen molar-refractivity contribution in [2.24, 2.45) is 0 Å². The number of nitrogens with zero attached hydrogens (tertiary/aromatic N) is 1. The molecule has 0 unspecified atom stereocenters. The highest BCUT2D eigenvalue weighted by molar-refractivity contribution is 7.96. The van der Waals surface area contributed by atoms with Gasteiger partial charge in [0.25, 0.3) is 0 Å². The van der Waals surface area contributed by atoms with Crippen molar-refractivity contribution < 1.29 is 4.39 Å². The molecule has 0 saturated carbocycles. The van der Waals surface area contributed by atoms with E-state index in [1.165, 1.54) is 0 Å². The average Bonchev–Trinajstić information content (AvgIpc) is 1.85. The summed E-state index contributed by atoms with van der Waals surface area (Å²) in [7, 11) is 1.92. The maximum atomic E-state index is 11.6. The topological polar surface area (TPSA) is 3.24 Å². The van der Waals surface area contributed by atoms with Crippen LogP contribution >= 0.6 is 11.9 Å². The number of halogens is 1. The molecule has 0 radical (unpaired) electrons. The fourth-order valence-corrected chi connectivity index (χ4v) is 1.12. The Hall–Kier alpha value is 0.240. The molecular formula is C6H14FNS. The summed E-state index contributed by atoms with van der Waals surface area (Å²) < 4.78 is 13.5. The van der Waals surface area contributed by atoms with Crippen LogP contribution < -0.4 is 0 Å². The molecule has 0 aliphatic heterocycles. The number of alkyl halides is 1. The van der Waals surface area contributed by atoms with Gasteiger partial charge in [-0.25, -0.2) is 4.39 Å². The van der Waals surface area contributed by atoms with Gasteiger partial charge in [0.05, 0.1) is 0 Å². The Morgan fingerprint density at radius 2 is 2.22 bits per heavy atom. The van der Waals surface area contributed by atoms with Crippen LogP contribution in [-0.2, 0) is 0 Å². The van der Waals surface area contributed by atoms with E-state index in [0.29, 0.717) is 6.54 Å². The predicted octanol–water partition coefficient (Wildman–Crippen LogP) is 1.95. The molecule has 0 heterocycles. The standard InChI is InChI=1S/C6H14FNS/c1-3-6-9-8(2)5-4-7/h3-6H2,1-2H3. The SMILES string of the molecule is CCCSN(C)CCF. The zero-order chi connectivity index (χ0) is 7.11. The second-order valence-electron chi connectivity index (χ2n) is 1.87. The van der Waals surface area contributed by atoms with Gasteiger partial charge in [0.15, 0.2) is 0 Å². The minimum Gasteiger partial charge on any atom is -0.251 e.